The van der Waals surface area contributed by atoms with E-state index in [4.69, 9.17) is 0 Å². The highest BCUT2D eigenvalue weighted by atomic mass is 127. The molecule has 0 aliphatic carbocycles. The summed E-state index contributed by atoms with van der Waals surface area (Å²) in [6.07, 6.45) is 0. The van der Waals surface area contributed by atoms with E-state index < -0.39 is 0 Å². The average molecular weight is 362 g/mol. The van der Waals surface area contributed by atoms with E-state index in [1.54, 1.807) is 0 Å². The van der Waals surface area contributed by atoms with Crippen molar-refractivity contribution in [2.24, 2.45) is 0 Å². The molecule has 0 aliphatic rings. The van der Waals surface area contributed by atoms with E-state index in [0.717, 1.165) is 4.90 Å². The molecule has 0 saturated carbocycles. The average Bonchev–Trinajstić information content (AvgIpc) is 1.83. The van der Waals surface area contributed by atoms with Gasteiger partial charge in [0.25, 0.3) is 0 Å². The van der Waals surface area contributed by atoms with Crippen molar-refractivity contribution in [3.63, 3.8) is 0 Å². The number of benzene rings is 1. The van der Waals surface area contributed by atoms with Crippen LogP contribution >= 0.6 is 57.8 Å². The summed E-state index contributed by atoms with van der Waals surface area (Å²) in [4.78, 5) is 1.06. The molecule has 48 valence electrons. The first-order valence-corrected chi connectivity index (χ1v) is 4.95. The van der Waals surface area contributed by atoms with Gasteiger partial charge in [-0.1, -0.05) is 6.07 Å². The molecule has 0 unspecified atom stereocenters. The zero-order valence-corrected chi connectivity index (χ0v) is 9.64. The number of hydrogen-bond donors (Lipinski definition) is 1. The van der Waals surface area contributed by atoms with Crippen molar-refractivity contribution in [1.82, 2.24) is 0 Å². The SMILES string of the molecule is Sc1cccc(I)c1I. The van der Waals surface area contributed by atoms with Gasteiger partial charge in [-0.25, -0.2) is 0 Å². The van der Waals surface area contributed by atoms with Crippen LogP contribution < -0.4 is 0 Å². The Kier molecular flexibility index (Phi) is 3.10. The van der Waals surface area contributed by atoms with Gasteiger partial charge in [-0.3, -0.25) is 0 Å². The van der Waals surface area contributed by atoms with Crippen molar-refractivity contribution < 1.29 is 0 Å². The lowest BCUT2D eigenvalue weighted by Crippen LogP contribution is -1.78. The van der Waals surface area contributed by atoms with Crippen LogP contribution in [0.3, 0.4) is 0 Å². The second-order valence-corrected chi connectivity index (χ2v) is 4.30. The molecule has 0 N–H and O–H groups in total. The maximum Gasteiger partial charge on any atom is 0.0397 e. The second-order valence-electron chi connectivity index (χ2n) is 1.57. The van der Waals surface area contributed by atoms with Crippen LogP contribution in [0, 0.1) is 7.14 Å². The maximum atomic E-state index is 4.26. The third-order valence-electron chi connectivity index (χ3n) is 0.931. The predicted octanol–water partition coefficient (Wildman–Crippen LogP) is 3.18. The van der Waals surface area contributed by atoms with Crippen LogP contribution in [0.4, 0.5) is 0 Å². The van der Waals surface area contributed by atoms with Gasteiger partial charge in [0.05, 0.1) is 0 Å². The van der Waals surface area contributed by atoms with Crippen molar-refractivity contribution >= 4 is 57.8 Å². The summed E-state index contributed by atoms with van der Waals surface area (Å²) in [7, 11) is 0. The van der Waals surface area contributed by atoms with Crippen LogP contribution in [0.2, 0.25) is 0 Å². The molecule has 3 heteroatoms. The molecule has 0 aliphatic heterocycles. The fraction of sp³-hybridized carbons (Fsp3) is 0. The van der Waals surface area contributed by atoms with Gasteiger partial charge >= 0.3 is 0 Å². The largest absolute Gasteiger partial charge is 0.142 e. The van der Waals surface area contributed by atoms with Gasteiger partial charge in [-0.2, -0.15) is 0 Å². The molecular weight excluding hydrogens is 358 g/mol. The summed E-state index contributed by atoms with van der Waals surface area (Å²) in [6.45, 7) is 0. The Morgan fingerprint density at radius 3 is 2.33 bits per heavy atom. The summed E-state index contributed by atoms with van der Waals surface area (Å²) in [5, 5.41) is 0. The molecule has 0 nitrogen and oxygen atoms in total. The summed E-state index contributed by atoms with van der Waals surface area (Å²) in [6, 6.07) is 6.07. The van der Waals surface area contributed by atoms with Crippen molar-refractivity contribution in [3.8, 4) is 0 Å². The highest BCUT2D eigenvalue weighted by Crippen LogP contribution is 2.21. The highest BCUT2D eigenvalue weighted by molar-refractivity contribution is 14.1. The van der Waals surface area contributed by atoms with Gasteiger partial charge < -0.3 is 0 Å². The fourth-order valence-electron chi connectivity index (χ4n) is 0.492. The first-order valence-electron chi connectivity index (χ1n) is 2.35. The Bertz CT molecular complexity index is 202. The molecule has 1 aromatic carbocycles. The summed E-state index contributed by atoms with van der Waals surface area (Å²) in [5.74, 6) is 0. The summed E-state index contributed by atoms with van der Waals surface area (Å²) in [5.41, 5.74) is 0. The van der Waals surface area contributed by atoms with Crippen LogP contribution in [0.1, 0.15) is 0 Å². The van der Waals surface area contributed by atoms with E-state index in [2.05, 4.69) is 63.9 Å². The Hall–Kier alpha value is 1.03. The van der Waals surface area contributed by atoms with E-state index in [1.165, 1.54) is 7.14 Å². The van der Waals surface area contributed by atoms with Crippen molar-refractivity contribution in [1.29, 1.82) is 0 Å². The van der Waals surface area contributed by atoms with Crippen LogP contribution in [0.25, 0.3) is 0 Å². The van der Waals surface area contributed by atoms with Crippen molar-refractivity contribution in [3.05, 3.63) is 25.3 Å². The van der Waals surface area contributed by atoms with Crippen LogP contribution in [0.15, 0.2) is 23.1 Å². The lowest BCUT2D eigenvalue weighted by atomic mass is 10.4. The quantitative estimate of drug-likeness (QED) is 0.532. The third-order valence-corrected chi connectivity index (χ3v) is 4.82. The minimum atomic E-state index is 1.06. The van der Waals surface area contributed by atoms with Gasteiger partial charge in [0, 0.05) is 12.0 Å². The van der Waals surface area contributed by atoms with E-state index in [-0.39, 0.29) is 0 Å². The number of rotatable bonds is 0. The summed E-state index contributed by atoms with van der Waals surface area (Å²) < 4.78 is 2.50. The van der Waals surface area contributed by atoms with Crippen LogP contribution in [0.5, 0.6) is 0 Å². The molecule has 0 atom stereocenters. The number of hydrogen-bond acceptors (Lipinski definition) is 1. The van der Waals surface area contributed by atoms with Crippen molar-refractivity contribution in [2.45, 2.75) is 4.90 Å². The first kappa shape index (κ1) is 8.13. The highest BCUT2D eigenvalue weighted by Gasteiger charge is 1.96. The molecule has 1 aromatic rings. The zero-order chi connectivity index (χ0) is 6.85. The van der Waals surface area contributed by atoms with E-state index >= 15 is 0 Å². The maximum absolute atomic E-state index is 4.26. The van der Waals surface area contributed by atoms with Gasteiger partial charge in [0.2, 0.25) is 0 Å². The molecule has 0 saturated heterocycles. The molecule has 0 aromatic heterocycles. The monoisotopic (exact) mass is 362 g/mol. The Labute approximate surface area is 87.1 Å². The Morgan fingerprint density at radius 2 is 1.89 bits per heavy atom. The minimum Gasteiger partial charge on any atom is -0.142 e. The van der Waals surface area contributed by atoms with Crippen LogP contribution in [-0.4, -0.2) is 0 Å². The fourth-order valence-corrected chi connectivity index (χ4v) is 1.77. The third kappa shape index (κ3) is 1.98. The Morgan fingerprint density at radius 1 is 1.22 bits per heavy atom. The lowest BCUT2D eigenvalue weighted by molar-refractivity contribution is 1.38. The molecule has 0 fully saturated rings. The minimum absolute atomic E-state index is 1.06. The Balaban J connectivity index is 3.25. The molecule has 0 heterocycles. The van der Waals surface area contributed by atoms with Gasteiger partial charge in [-0.15, -0.1) is 12.6 Å². The molecular formula is C6H4I2S. The molecule has 0 radical (unpaired) electrons. The standard InChI is InChI=1S/C6H4I2S/c7-4-2-1-3-5(9)6(4)8/h1-3,9H. The molecule has 0 spiro atoms. The number of halogens is 2. The van der Waals surface area contributed by atoms with Crippen molar-refractivity contribution in [2.75, 3.05) is 0 Å². The first-order chi connectivity index (χ1) is 4.22. The van der Waals surface area contributed by atoms with Gasteiger partial charge in [-0.05, 0) is 57.3 Å². The van der Waals surface area contributed by atoms with Crippen LogP contribution in [-0.2, 0) is 0 Å². The smallest absolute Gasteiger partial charge is 0.0397 e. The van der Waals surface area contributed by atoms with E-state index in [9.17, 15) is 0 Å². The summed E-state index contributed by atoms with van der Waals surface area (Å²) >= 11 is 8.83. The lowest BCUT2D eigenvalue weighted by Gasteiger charge is -1.96. The van der Waals surface area contributed by atoms with Gasteiger partial charge in [0.15, 0.2) is 0 Å². The molecule has 0 amide bonds. The normalized spacial score (nSPS) is 9.67. The zero-order valence-electron chi connectivity index (χ0n) is 4.44. The molecule has 9 heavy (non-hydrogen) atoms. The van der Waals surface area contributed by atoms with Gasteiger partial charge in [0.1, 0.15) is 0 Å². The molecule has 1 rings (SSSR count). The predicted molar refractivity (Wildman–Crippen MR) is 59.1 cm³/mol. The number of thiol groups is 1. The second kappa shape index (κ2) is 3.43. The topological polar surface area (TPSA) is 0 Å². The van der Waals surface area contributed by atoms with E-state index in [0.29, 0.717) is 0 Å². The van der Waals surface area contributed by atoms with E-state index in [1.807, 2.05) is 12.1 Å². The molecule has 0 bridgehead atoms.